The van der Waals surface area contributed by atoms with Crippen LogP contribution in [0.15, 0.2) is 60.8 Å². The number of aliphatic hydroxyl groups excluding tert-OH is 2. The molecule has 0 bridgehead atoms. The first-order valence-electron chi connectivity index (χ1n) is 20.7. The van der Waals surface area contributed by atoms with E-state index in [-0.39, 0.29) is 37.6 Å². The van der Waals surface area contributed by atoms with Crippen molar-refractivity contribution < 1.29 is 52.9 Å². The normalized spacial score (nSPS) is 19.2. The zero-order chi connectivity index (χ0) is 40.6. The van der Waals surface area contributed by atoms with Gasteiger partial charge in [0.15, 0.2) is 6.10 Å². The fourth-order valence-electron chi connectivity index (χ4n) is 6.33. The SMILES string of the molecule is CC/C=C\C/C=C\C/C=C\C/C=C\CCCCCCC(=O)OC[C@H](COP(=O)(O)O)OC(=O)CCCCCC[C@H]1[C@@H](O)CC(=O)[C@@H]1/C=C/[C@@H](O)CCCCC. The molecule has 0 heterocycles. The number of unbranched alkanes of at least 4 members (excludes halogenated alkanes) is 9. The minimum atomic E-state index is -4.83. The number of hydrogen-bond donors (Lipinski definition) is 4. The third-order valence-corrected chi connectivity index (χ3v) is 9.91. The van der Waals surface area contributed by atoms with Gasteiger partial charge >= 0.3 is 19.8 Å². The van der Waals surface area contributed by atoms with Gasteiger partial charge in [0.2, 0.25) is 0 Å². The number of rotatable bonds is 33. The van der Waals surface area contributed by atoms with Crippen molar-refractivity contribution in [3.8, 4) is 0 Å². The number of carbonyl (C=O) groups excluding carboxylic acids is 3. The number of hydrogen-bond acceptors (Lipinski definition) is 9. The number of carbonyl (C=O) groups is 3. The summed E-state index contributed by atoms with van der Waals surface area (Å²) in [6, 6.07) is 0. The van der Waals surface area contributed by atoms with Gasteiger partial charge in [-0.1, -0.05) is 126 Å². The summed E-state index contributed by atoms with van der Waals surface area (Å²) in [6.07, 6.45) is 34.2. The third kappa shape index (κ3) is 28.4. The molecule has 11 nitrogen and oxygen atoms in total. The molecule has 0 aromatic heterocycles. The van der Waals surface area contributed by atoms with E-state index in [1.807, 2.05) is 0 Å². The number of phosphoric acid groups is 1. The molecule has 0 unspecified atom stereocenters. The highest BCUT2D eigenvalue weighted by Gasteiger charge is 2.39. The van der Waals surface area contributed by atoms with Crippen LogP contribution in [0.1, 0.15) is 149 Å². The topological polar surface area (TPSA) is 177 Å². The Labute approximate surface area is 330 Å². The quantitative estimate of drug-likeness (QED) is 0.0216. The molecule has 0 aliphatic heterocycles. The zero-order valence-corrected chi connectivity index (χ0v) is 34.4. The molecule has 0 radical (unpaired) electrons. The first-order valence-corrected chi connectivity index (χ1v) is 22.2. The van der Waals surface area contributed by atoms with Crippen LogP contribution in [-0.2, 0) is 32.9 Å². The van der Waals surface area contributed by atoms with Crippen LogP contribution in [0.25, 0.3) is 0 Å². The molecule has 55 heavy (non-hydrogen) atoms. The molecule has 314 valence electrons. The van der Waals surface area contributed by atoms with E-state index in [9.17, 15) is 29.2 Å². The molecule has 12 heteroatoms. The number of ether oxygens (including phenoxy) is 2. The van der Waals surface area contributed by atoms with E-state index in [0.717, 1.165) is 83.5 Å². The van der Waals surface area contributed by atoms with Gasteiger partial charge in [0.25, 0.3) is 0 Å². The van der Waals surface area contributed by atoms with Crippen molar-refractivity contribution in [3.05, 3.63) is 60.8 Å². The van der Waals surface area contributed by atoms with Crippen molar-refractivity contribution in [2.75, 3.05) is 13.2 Å². The number of aliphatic hydroxyl groups is 2. The first kappa shape index (κ1) is 50.4. The fourth-order valence-corrected chi connectivity index (χ4v) is 6.69. The third-order valence-electron chi connectivity index (χ3n) is 9.43. The Morgan fingerprint density at radius 1 is 0.782 bits per heavy atom. The highest BCUT2D eigenvalue weighted by atomic mass is 31.2. The van der Waals surface area contributed by atoms with Gasteiger partial charge < -0.3 is 29.5 Å². The Morgan fingerprint density at radius 3 is 2.02 bits per heavy atom. The Morgan fingerprint density at radius 2 is 1.38 bits per heavy atom. The fraction of sp³-hybridized carbons (Fsp3) is 0.698. The summed E-state index contributed by atoms with van der Waals surface area (Å²) in [5.41, 5.74) is 0. The van der Waals surface area contributed by atoms with Crippen molar-refractivity contribution >= 4 is 25.5 Å². The lowest BCUT2D eigenvalue weighted by atomic mass is 9.88. The maximum atomic E-state index is 12.5. The van der Waals surface area contributed by atoms with Crippen LogP contribution in [0, 0.1) is 11.8 Å². The monoisotopic (exact) mass is 794 g/mol. The first-order chi connectivity index (χ1) is 26.5. The van der Waals surface area contributed by atoms with E-state index in [1.54, 1.807) is 12.2 Å². The molecule has 0 spiro atoms. The molecule has 0 saturated heterocycles. The van der Waals surface area contributed by atoms with E-state index >= 15 is 0 Å². The van der Waals surface area contributed by atoms with Crippen LogP contribution in [0.5, 0.6) is 0 Å². The summed E-state index contributed by atoms with van der Waals surface area (Å²) in [7, 11) is -4.83. The lowest BCUT2D eigenvalue weighted by Crippen LogP contribution is -2.29. The summed E-state index contributed by atoms with van der Waals surface area (Å²) in [4.78, 5) is 55.5. The number of allylic oxidation sites excluding steroid dienone is 9. The average Bonchev–Trinajstić information content (AvgIpc) is 3.41. The largest absolute Gasteiger partial charge is 0.469 e. The van der Waals surface area contributed by atoms with Gasteiger partial charge in [-0.3, -0.25) is 18.9 Å². The second-order valence-electron chi connectivity index (χ2n) is 14.4. The van der Waals surface area contributed by atoms with Gasteiger partial charge in [-0.25, -0.2) is 4.57 Å². The second kappa shape index (κ2) is 32.4. The summed E-state index contributed by atoms with van der Waals surface area (Å²) < 4.78 is 26.4. The van der Waals surface area contributed by atoms with Gasteiger partial charge in [0, 0.05) is 25.2 Å². The van der Waals surface area contributed by atoms with Crippen molar-refractivity contribution in [3.63, 3.8) is 0 Å². The van der Waals surface area contributed by atoms with Gasteiger partial charge in [0.05, 0.1) is 18.8 Å². The second-order valence-corrected chi connectivity index (χ2v) is 15.6. The van der Waals surface area contributed by atoms with Crippen LogP contribution in [0.2, 0.25) is 0 Å². The highest BCUT2D eigenvalue weighted by molar-refractivity contribution is 7.46. The van der Waals surface area contributed by atoms with Gasteiger partial charge in [-0.15, -0.1) is 0 Å². The lowest BCUT2D eigenvalue weighted by Gasteiger charge is -2.19. The molecular formula is C43H71O11P. The molecule has 1 saturated carbocycles. The molecule has 1 rings (SSSR count). The zero-order valence-electron chi connectivity index (χ0n) is 33.5. The molecule has 0 aromatic carbocycles. The number of esters is 2. The predicted molar refractivity (Wildman–Crippen MR) is 217 cm³/mol. The number of phosphoric ester groups is 1. The number of ketones is 1. The van der Waals surface area contributed by atoms with Gasteiger partial charge in [0.1, 0.15) is 12.4 Å². The molecule has 5 atom stereocenters. The van der Waals surface area contributed by atoms with E-state index < -0.39 is 50.6 Å². The predicted octanol–water partition coefficient (Wildman–Crippen LogP) is 9.10. The van der Waals surface area contributed by atoms with Crippen LogP contribution in [0.3, 0.4) is 0 Å². The average molecular weight is 795 g/mol. The number of Topliss-reactive ketones (excluding diaryl/α,β-unsaturated/α-hetero) is 1. The smallest absolute Gasteiger partial charge is 0.462 e. The Kier molecular flexibility index (Phi) is 29.7. The minimum Gasteiger partial charge on any atom is -0.462 e. The summed E-state index contributed by atoms with van der Waals surface area (Å²) >= 11 is 0. The van der Waals surface area contributed by atoms with Crippen LogP contribution in [0.4, 0.5) is 0 Å². The summed E-state index contributed by atoms with van der Waals surface area (Å²) in [5, 5.41) is 20.7. The molecule has 1 fully saturated rings. The van der Waals surface area contributed by atoms with Crippen molar-refractivity contribution in [2.24, 2.45) is 11.8 Å². The van der Waals surface area contributed by atoms with Crippen LogP contribution in [-0.4, -0.2) is 69.2 Å². The van der Waals surface area contributed by atoms with Gasteiger partial charge in [-0.05, 0) is 70.1 Å². The Balaban J connectivity index is 2.29. The lowest BCUT2D eigenvalue weighted by molar-refractivity contribution is -0.161. The molecule has 0 amide bonds. The minimum absolute atomic E-state index is 0.00981. The standard InChI is InChI=1S/C43H71O11P/c1-3-5-7-8-9-10-11-12-13-14-15-16-17-18-19-20-25-29-42(47)52-34-37(35-53-55(49,50)51)54-43(48)30-26-22-21-24-28-38-39(41(46)33-40(38)45)32-31-36(44)27-23-6-4-2/h5,7,9-10,12-13,15-16,31-32,36-40,44-45H,3-4,6,8,11,14,17-30,33-35H2,1-2H3,(H2,49,50,51)/b7-5-,10-9-,13-12-,16-15-,32-31+/t36-,37+,38+,39+,40-/m0/s1. The maximum absolute atomic E-state index is 12.5. The van der Waals surface area contributed by atoms with Crippen molar-refractivity contribution in [2.45, 2.75) is 167 Å². The molecule has 1 aliphatic rings. The summed E-state index contributed by atoms with van der Waals surface area (Å²) in [6.45, 7) is 3.24. The van der Waals surface area contributed by atoms with E-state index in [2.05, 4.69) is 67.0 Å². The van der Waals surface area contributed by atoms with E-state index in [1.165, 1.54) is 0 Å². The molecule has 4 N–H and O–H groups in total. The van der Waals surface area contributed by atoms with E-state index in [4.69, 9.17) is 19.3 Å². The van der Waals surface area contributed by atoms with Gasteiger partial charge in [-0.2, -0.15) is 0 Å². The van der Waals surface area contributed by atoms with E-state index in [0.29, 0.717) is 32.1 Å². The molecule has 0 aromatic rings. The maximum Gasteiger partial charge on any atom is 0.469 e. The van der Waals surface area contributed by atoms with Crippen molar-refractivity contribution in [1.82, 2.24) is 0 Å². The van der Waals surface area contributed by atoms with Crippen LogP contribution >= 0.6 is 7.82 Å². The molecule has 1 aliphatic carbocycles. The molecular weight excluding hydrogens is 723 g/mol. The highest BCUT2D eigenvalue weighted by Crippen LogP contribution is 2.36. The Bertz CT molecular complexity index is 1230. The van der Waals surface area contributed by atoms with Crippen LogP contribution < -0.4 is 0 Å². The summed E-state index contributed by atoms with van der Waals surface area (Å²) in [5.74, 6) is -1.69. The van der Waals surface area contributed by atoms with Crippen molar-refractivity contribution in [1.29, 1.82) is 0 Å². The Hall–Kier alpha value is -2.66.